The Morgan fingerprint density at radius 2 is 2.26 bits per heavy atom. The average Bonchev–Trinajstić information content (AvgIpc) is 2.69. The highest BCUT2D eigenvalue weighted by Crippen LogP contribution is 2.20. The Kier molecular flexibility index (Phi) is 3.32. The van der Waals surface area contributed by atoms with Gasteiger partial charge in [0, 0.05) is 30.9 Å². The third kappa shape index (κ3) is 2.62. The molecule has 8 heteroatoms. The second-order valence-electron chi connectivity index (χ2n) is 4.15. The Bertz CT molecular complexity index is 622. The number of rotatable bonds is 4. The number of nitro groups is 1. The van der Waals surface area contributed by atoms with Gasteiger partial charge in [-0.2, -0.15) is 5.10 Å². The molecule has 0 amide bonds. The standard InChI is InChI=1S/C11H14N6O2/c1-7-4-13-10(3-9(7)17(18)19)14-5-8-6-15-16(2)11(8)12/h3-4,6H,5,12H2,1-2H3,(H,13,14). The van der Waals surface area contributed by atoms with E-state index < -0.39 is 4.92 Å². The van der Waals surface area contributed by atoms with Gasteiger partial charge in [0.1, 0.15) is 11.6 Å². The maximum atomic E-state index is 10.8. The van der Waals surface area contributed by atoms with E-state index in [1.807, 2.05) is 0 Å². The maximum absolute atomic E-state index is 10.8. The first-order valence-corrected chi connectivity index (χ1v) is 5.60. The Balaban J connectivity index is 2.14. The van der Waals surface area contributed by atoms with Crippen LogP contribution in [-0.4, -0.2) is 19.7 Å². The fourth-order valence-electron chi connectivity index (χ4n) is 1.62. The van der Waals surface area contributed by atoms with Crippen molar-refractivity contribution in [3.8, 4) is 0 Å². The molecule has 100 valence electrons. The molecule has 2 heterocycles. The van der Waals surface area contributed by atoms with Crippen molar-refractivity contribution < 1.29 is 4.92 Å². The van der Waals surface area contributed by atoms with Crippen LogP contribution < -0.4 is 11.1 Å². The zero-order chi connectivity index (χ0) is 14.0. The molecule has 0 saturated heterocycles. The minimum absolute atomic E-state index is 0.0386. The third-order valence-electron chi connectivity index (χ3n) is 2.80. The van der Waals surface area contributed by atoms with Crippen molar-refractivity contribution in [1.29, 1.82) is 0 Å². The lowest BCUT2D eigenvalue weighted by Gasteiger charge is -2.05. The van der Waals surface area contributed by atoms with Crippen LogP contribution >= 0.6 is 0 Å². The minimum Gasteiger partial charge on any atom is -0.384 e. The summed E-state index contributed by atoms with van der Waals surface area (Å²) in [4.78, 5) is 14.5. The minimum atomic E-state index is -0.430. The second kappa shape index (κ2) is 4.92. The summed E-state index contributed by atoms with van der Waals surface area (Å²) in [6.45, 7) is 2.06. The number of pyridine rings is 1. The number of nitrogen functional groups attached to an aromatic ring is 1. The highest BCUT2D eigenvalue weighted by atomic mass is 16.6. The van der Waals surface area contributed by atoms with Gasteiger partial charge in [-0.25, -0.2) is 4.98 Å². The topological polar surface area (TPSA) is 112 Å². The van der Waals surface area contributed by atoms with Crippen molar-refractivity contribution in [3.05, 3.63) is 39.7 Å². The lowest BCUT2D eigenvalue weighted by molar-refractivity contribution is -0.385. The van der Waals surface area contributed by atoms with Gasteiger partial charge in [0.2, 0.25) is 0 Å². The lowest BCUT2D eigenvalue weighted by atomic mass is 10.2. The number of nitrogens with zero attached hydrogens (tertiary/aromatic N) is 4. The molecule has 0 spiro atoms. The predicted octanol–water partition coefficient (Wildman–Crippen LogP) is 1.23. The number of nitrogens with one attached hydrogen (secondary N) is 1. The summed E-state index contributed by atoms with van der Waals surface area (Å²) in [6, 6.07) is 1.40. The summed E-state index contributed by atoms with van der Waals surface area (Å²) in [5.74, 6) is 0.981. The van der Waals surface area contributed by atoms with Crippen LogP contribution in [0, 0.1) is 17.0 Å². The molecule has 0 aliphatic carbocycles. The monoisotopic (exact) mass is 262 g/mol. The molecule has 2 aromatic heterocycles. The molecule has 0 fully saturated rings. The van der Waals surface area contributed by atoms with Gasteiger partial charge in [0.25, 0.3) is 5.69 Å². The van der Waals surface area contributed by atoms with E-state index in [0.717, 1.165) is 5.56 Å². The lowest BCUT2D eigenvalue weighted by Crippen LogP contribution is -2.05. The summed E-state index contributed by atoms with van der Waals surface area (Å²) in [5.41, 5.74) is 7.18. The van der Waals surface area contributed by atoms with E-state index >= 15 is 0 Å². The molecule has 3 N–H and O–H groups in total. The smallest absolute Gasteiger partial charge is 0.277 e. The zero-order valence-corrected chi connectivity index (χ0v) is 10.6. The number of hydrogen-bond donors (Lipinski definition) is 2. The molecule has 0 atom stereocenters. The van der Waals surface area contributed by atoms with Gasteiger partial charge in [0.15, 0.2) is 0 Å². The highest BCUT2D eigenvalue weighted by molar-refractivity contribution is 5.50. The summed E-state index contributed by atoms with van der Waals surface area (Å²) < 4.78 is 1.56. The van der Waals surface area contributed by atoms with Crippen LogP contribution in [0.3, 0.4) is 0 Å². The van der Waals surface area contributed by atoms with Crippen LogP contribution in [0.15, 0.2) is 18.5 Å². The van der Waals surface area contributed by atoms with Crippen molar-refractivity contribution >= 4 is 17.3 Å². The van der Waals surface area contributed by atoms with Crippen molar-refractivity contribution in [2.45, 2.75) is 13.5 Å². The van der Waals surface area contributed by atoms with E-state index in [1.165, 1.54) is 12.3 Å². The first kappa shape index (κ1) is 12.8. The fourth-order valence-corrected chi connectivity index (χ4v) is 1.62. The number of hydrogen-bond acceptors (Lipinski definition) is 6. The Labute approximate surface area is 109 Å². The Morgan fingerprint density at radius 1 is 1.53 bits per heavy atom. The van der Waals surface area contributed by atoms with Gasteiger partial charge in [0.05, 0.1) is 17.2 Å². The quantitative estimate of drug-likeness (QED) is 0.633. The molecule has 0 aliphatic heterocycles. The van der Waals surface area contributed by atoms with Gasteiger partial charge >= 0.3 is 0 Å². The molecule has 19 heavy (non-hydrogen) atoms. The first-order valence-electron chi connectivity index (χ1n) is 5.60. The number of aryl methyl sites for hydroxylation is 2. The Hall–Kier alpha value is -2.64. The number of anilines is 2. The molecular weight excluding hydrogens is 248 g/mol. The average molecular weight is 262 g/mol. The third-order valence-corrected chi connectivity index (χ3v) is 2.80. The van der Waals surface area contributed by atoms with E-state index in [-0.39, 0.29) is 5.69 Å². The maximum Gasteiger partial charge on any atom is 0.277 e. The summed E-state index contributed by atoms with van der Waals surface area (Å²) in [6.07, 6.45) is 3.11. The first-order chi connectivity index (χ1) is 8.99. The molecule has 0 bridgehead atoms. The van der Waals surface area contributed by atoms with E-state index in [9.17, 15) is 10.1 Å². The van der Waals surface area contributed by atoms with Gasteiger partial charge in [-0.3, -0.25) is 14.8 Å². The molecule has 2 aromatic rings. The zero-order valence-electron chi connectivity index (χ0n) is 10.6. The van der Waals surface area contributed by atoms with Crippen molar-refractivity contribution in [2.24, 2.45) is 7.05 Å². The molecule has 0 aliphatic rings. The molecule has 2 rings (SSSR count). The molecular formula is C11H14N6O2. The van der Waals surface area contributed by atoms with E-state index in [0.29, 0.717) is 23.7 Å². The highest BCUT2D eigenvalue weighted by Gasteiger charge is 2.12. The van der Waals surface area contributed by atoms with E-state index in [4.69, 9.17) is 5.73 Å². The van der Waals surface area contributed by atoms with Gasteiger partial charge in [-0.1, -0.05) is 0 Å². The number of aromatic nitrogens is 3. The summed E-state index contributed by atoms with van der Waals surface area (Å²) >= 11 is 0. The molecule has 0 unspecified atom stereocenters. The normalized spacial score (nSPS) is 10.4. The van der Waals surface area contributed by atoms with Crippen molar-refractivity contribution in [2.75, 3.05) is 11.1 Å². The largest absolute Gasteiger partial charge is 0.384 e. The van der Waals surface area contributed by atoms with Crippen LogP contribution in [0.2, 0.25) is 0 Å². The van der Waals surface area contributed by atoms with E-state index in [1.54, 1.807) is 24.9 Å². The van der Waals surface area contributed by atoms with Crippen LogP contribution in [0.5, 0.6) is 0 Å². The molecule has 0 aromatic carbocycles. The van der Waals surface area contributed by atoms with Crippen LogP contribution in [-0.2, 0) is 13.6 Å². The van der Waals surface area contributed by atoms with Crippen LogP contribution in [0.4, 0.5) is 17.3 Å². The summed E-state index contributed by atoms with van der Waals surface area (Å²) in [7, 11) is 1.74. The fraction of sp³-hybridized carbons (Fsp3) is 0.273. The van der Waals surface area contributed by atoms with Crippen molar-refractivity contribution in [3.63, 3.8) is 0 Å². The van der Waals surface area contributed by atoms with Gasteiger partial charge in [-0.05, 0) is 6.92 Å². The SMILES string of the molecule is Cc1cnc(NCc2cnn(C)c2N)cc1[N+](=O)[O-]. The Morgan fingerprint density at radius 3 is 2.84 bits per heavy atom. The molecule has 8 nitrogen and oxygen atoms in total. The van der Waals surface area contributed by atoms with E-state index in [2.05, 4.69) is 15.4 Å². The van der Waals surface area contributed by atoms with Gasteiger partial charge in [-0.15, -0.1) is 0 Å². The second-order valence-corrected chi connectivity index (χ2v) is 4.15. The predicted molar refractivity (Wildman–Crippen MR) is 70.6 cm³/mol. The van der Waals surface area contributed by atoms with Crippen molar-refractivity contribution in [1.82, 2.24) is 14.8 Å². The number of nitrogens with two attached hydrogens (primary N) is 1. The molecule has 0 radical (unpaired) electrons. The van der Waals surface area contributed by atoms with Crippen LogP contribution in [0.25, 0.3) is 0 Å². The van der Waals surface area contributed by atoms with Crippen LogP contribution in [0.1, 0.15) is 11.1 Å². The van der Waals surface area contributed by atoms with Gasteiger partial charge < -0.3 is 11.1 Å². The summed E-state index contributed by atoms with van der Waals surface area (Å²) in [5, 5.41) is 17.8. The molecule has 0 saturated carbocycles.